The van der Waals surface area contributed by atoms with E-state index in [2.05, 4.69) is 87.9 Å². The molecule has 7 rings (SSSR count). The molecule has 4 aromatic heterocycles. The molecule has 1 aliphatic carbocycles. The normalized spacial score (nSPS) is 12.8. The molecule has 0 N–H and O–H groups in total. The number of thiophene rings is 1. The van der Waals surface area contributed by atoms with E-state index < -0.39 is 0 Å². The third kappa shape index (κ3) is 4.60. The van der Waals surface area contributed by atoms with Crippen molar-refractivity contribution in [3.8, 4) is 22.5 Å². The molecule has 6 aromatic rings. The van der Waals surface area contributed by atoms with Gasteiger partial charge >= 0.3 is 0 Å². The van der Waals surface area contributed by atoms with Crippen molar-refractivity contribution in [3.63, 3.8) is 0 Å². The zero-order valence-electron chi connectivity index (χ0n) is 23.6. The largest absolute Gasteiger partial charge is 0.305 e. The van der Waals surface area contributed by atoms with Gasteiger partial charge < -0.3 is 9.97 Å². The van der Waals surface area contributed by atoms with E-state index in [0.717, 1.165) is 23.4 Å². The zero-order chi connectivity index (χ0) is 27.3. The zero-order valence-corrected chi connectivity index (χ0v) is 26.9. The summed E-state index contributed by atoms with van der Waals surface area (Å²) in [5.41, 5.74) is 12.3. The number of hydrogen-bond acceptors (Lipinski definition) is 4. The van der Waals surface area contributed by atoms with Crippen molar-refractivity contribution in [1.82, 2.24) is 15.0 Å². The van der Waals surface area contributed by atoms with E-state index in [1.54, 1.807) is 11.3 Å². The first-order valence-corrected chi connectivity index (χ1v) is 14.2. The Balaban J connectivity index is 0.000000159. The molecule has 0 amide bonds. The number of fused-ring (bicyclic) bond motifs is 6. The second-order valence-electron chi connectivity index (χ2n) is 10.8. The molecule has 0 spiro atoms. The van der Waals surface area contributed by atoms with E-state index in [1.165, 1.54) is 59.1 Å². The molecule has 1 aliphatic rings. The standard InChI is InChI=1S/C18H13N2S.C17H18N.Ir/c1-11-6-7-20-15(8-11)13-4-3-5-14-17-12(2)9-19-10-16(17)21-18(13)14;1-5-12-10-18-16-13-8-6-7-9-14(13)17(3,4)15(16)11(12)2;/h3,5-10H,1-2H3;6-7,9-10H,5H2,1-4H3;/q2*-1;. The molecular formula is C35H31IrN3S-2. The van der Waals surface area contributed by atoms with Gasteiger partial charge in [0.2, 0.25) is 0 Å². The molecule has 203 valence electrons. The van der Waals surface area contributed by atoms with Crippen molar-refractivity contribution in [1.29, 1.82) is 0 Å². The van der Waals surface area contributed by atoms with Crippen LogP contribution >= 0.6 is 11.3 Å². The van der Waals surface area contributed by atoms with Crippen molar-refractivity contribution >= 4 is 31.5 Å². The van der Waals surface area contributed by atoms with Crippen LogP contribution in [0.25, 0.3) is 42.7 Å². The first-order chi connectivity index (χ1) is 18.8. The van der Waals surface area contributed by atoms with Crippen LogP contribution < -0.4 is 0 Å². The van der Waals surface area contributed by atoms with Gasteiger partial charge in [-0.3, -0.25) is 4.98 Å². The molecule has 5 heteroatoms. The van der Waals surface area contributed by atoms with Crippen LogP contribution in [0, 0.1) is 32.9 Å². The monoisotopic (exact) mass is 718 g/mol. The van der Waals surface area contributed by atoms with Crippen molar-refractivity contribution in [2.75, 3.05) is 0 Å². The molecule has 40 heavy (non-hydrogen) atoms. The molecular weight excluding hydrogens is 687 g/mol. The summed E-state index contributed by atoms with van der Waals surface area (Å²) >= 11 is 1.77. The summed E-state index contributed by atoms with van der Waals surface area (Å²) in [5.74, 6) is 0. The van der Waals surface area contributed by atoms with Gasteiger partial charge in [0.25, 0.3) is 0 Å². The molecule has 0 atom stereocenters. The number of hydrogen-bond donors (Lipinski definition) is 0. The van der Waals surface area contributed by atoms with Gasteiger partial charge in [-0.25, -0.2) is 0 Å². The minimum atomic E-state index is 0. The maximum absolute atomic E-state index is 4.70. The maximum atomic E-state index is 4.70. The number of aryl methyl sites for hydroxylation is 3. The van der Waals surface area contributed by atoms with E-state index in [-0.39, 0.29) is 25.5 Å². The average molecular weight is 718 g/mol. The molecule has 0 aliphatic heterocycles. The molecule has 2 aromatic carbocycles. The molecule has 0 bridgehead atoms. The molecule has 3 nitrogen and oxygen atoms in total. The Kier molecular flexibility index (Phi) is 7.76. The van der Waals surface area contributed by atoms with E-state index in [9.17, 15) is 0 Å². The van der Waals surface area contributed by atoms with Crippen LogP contribution in [-0.4, -0.2) is 15.0 Å². The van der Waals surface area contributed by atoms with Crippen LogP contribution in [0.4, 0.5) is 0 Å². The summed E-state index contributed by atoms with van der Waals surface area (Å²) in [6.45, 7) is 13.2. The number of aromatic nitrogens is 3. The van der Waals surface area contributed by atoms with Gasteiger partial charge in [0.15, 0.2) is 0 Å². The topological polar surface area (TPSA) is 38.7 Å². The minimum Gasteiger partial charge on any atom is -0.305 e. The van der Waals surface area contributed by atoms with Crippen molar-refractivity contribution in [2.24, 2.45) is 0 Å². The Morgan fingerprint density at radius 1 is 0.925 bits per heavy atom. The van der Waals surface area contributed by atoms with Crippen LogP contribution in [-0.2, 0) is 31.9 Å². The summed E-state index contributed by atoms with van der Waals surface area (Å²) in [6, 6.07) is 21.2. The first-order valence-electron chi connectivity index (χ1n) is 13.4. The number of rotatable bonds is 2. The predicted octanol–water partition coefficient (Wildman–Crippen LogP) is 8.98. The first kappa shape index (κ1) is 28.3. The van der Waals surface area contributed by atoms with Gasteiger partial charge in [0.05, 0.1) is 0 Å². The van der Waals surface area contributed by atoms with Crippen LogP contribution in [0.2, 0.25) is 0 Å². The predicted molar refractivity (Wildman–Crippen MR) is 163 cm³/mol. The average Bonchev–Trinajstić information content (AvgIpc) is 3.43. The Labute approximate surface area is 254 Å². The van der Waals surface area contributed by atoms with E-state index in [4.69, 9.17) is 4.98 Å². The molecule has 0 saturated carbocycles. The van der Waals surface area contributed by atoms with Gasteiger partial charge in [0, 0.05) is 49.6 Å². The Hall–Kier alpha value is -3.24. The van der Waals surface area contributed by atoms with Crippen molar-refractivity contribution < 1.29 is 20.1 Å². The third-order valence-electron chi connectivity index (χ3n) is 7.92. The van der Waals surface area contributed by atoms with Gasteiger partial charge in [-0.05, 0) is 71.3 Å². The summed E-state index contributed by atoms with van der Waals surface area (Å²) in [4.78, 5) is 13.5. The quantitative estimate of drug-likeness (QED) is 0.168. The molecule has 0 saturated heterocycles. The molecule has 0 unspecified atom stereocenters. The minimum absolute atomic E-state index is 0. The SMILES string of the molecule is CCc1cnc2c(c1C)C(C)(C)c1ccc[c-]c1-2.Cc1ccnc(-c2[c-]ccc3c2sc2cncc(C)c23)c1.[Ir]. The fourth-order valence-corrected chi connectivity index (χ4v) is 7.22. The number of pyridine rings is 3. The summed E-state index contributed by atoms with van der Waals surface area (Å²) in [6.07, 6.45) is 8.80. The molecule has 4 heterocycles. The van der Waals surface area contributed by atoms with Crippen LogP contribution in [0.15, 0.2) is 67.3 Å². The third-order valence-corrected chi connectivity index (χ3v) is 9.08. The second-order valence-corrected chi connectivity index (χ2v) is 11.9. The van der Waals surface area contributed by atoms with Crippen molar-refractivity contribution in [2.45, 2.75) is 53.4 Å². The molecule has 1 radical (unpaired) electrons. The second kappa shape index (κ2) is 11.0. The number of nitrogens with zero attached hydrogens (tertiary/aromatic N) is 3. The van der Waals surface area contributed by atoms with Crippen LogP contribution in [0.1, 0.15) is 54.2 Å². The fraction of sp³-hybridized carbons (Fsp3) is 0.229. The van der Waals surface area contributed by atoms with Gasteiger partial charge in [-0.15, -0.1) is 59.2 Å². The van der Waals surface area contributed by atoms with Crippen LogP contribution in [0.5, 0.6) is 0 Å². The number of benzene rings is 2. The van der Waals surface area contributed by atoms with E-state index in [0.29, 0.717) is 0 Å². The fourth-order valence-electron chi connectivity index (χ4n) is 5.96. The Morgan fingerprint density at radius 3 is 2.50 bits per heavy atom. The summed E-state index contributed by atoms with van der Waals surface area (Å²) in [7, 11) is 0. The summed E-state index contributed by atoms with van der Waals surface area (Å²) in [5, 5.41) is 2.57. The van der Waals surface area contributed by atoms with E-state index >= 15 is 0 Å². The Morgan fingerprint density at radius 2 is 1.73 bits per heavy atom. The smallest absolute Gasteiger partial charge is 0.0437 e. The summed E-state index contributed by atoms with van der Waals surface area (Å²) < 4.78 is 2.46. The van der Waals surface area contributed by atoms with E-state index in [1.807, 2.05) is 43.0 Å². The van der Waals surface area contributed by atoms with Gasteiger partial charge in [-0.2, -0.15) is 11.3 Å². The van der Waals surface area contributed by atoms with Crippen LogP contribution in [0.3, 0.4) is 0 Å². The van der Waals surface area contributed by atoms with Crippen molar-refractivity contribution in [3.05, 3.63) is 113 Å². The Bertz CT molecular complexity index is 1870. The van der Waals surface area contributed by atoms with Gasteiger partial charge in [0.1, 0.15) is 0 Å². The maximum Gasteiger partial charge on any atom is 0.0437 e. The van der Waals surface area contributed by atoms with Gasteiger partial charge in [-0.1, -0.05) is 48.9 Å². The molecule has 0 fully saturated rings.